The van der Waals surface area contributed by atoms with E-state index in [4.69, 9.17) is 4.74 Å². The van der Waals surface area contributed by atoms with Crippen molar-refractivity contribution < 1.29 is 14.3 Å². The second-order valence-corrected chi connectivity index (χ2v) is 7.55. The first-order valence-corrected chi connectivity index (χ1v) is 10.4. The maximum Gasteiger partial charge on any atom is 0.240 e. The number of benzene rings is 3. The van der Waals surface area contributed by atoms with Crippen molar-refractivity contribution in [1.82, 2.24) is 5.43 Å². The van der Waals surface area contributed by atoms with Gasteiger partial charge in [-0.25, -0.2) is 5.43 Å². The minimum Gasteiger partial charge on any atom is -0.489 e. The Morgan fingerprint density at radius 2 is 1.41 bits per heavy atom. The molecule has 6 nitrogen and oxygen atoms in total. The van der Waals surface area contributed by atoms with Crippen LogP contribution in [0.3, 0.4) is 0 Å². The normalized spacial score (nSPS) is 10.7. The highest BCUT2D eigenvalue weighted by molar-refractivity contribution is 5.93. The molecule has 2 N–H and O–H groups in total. The fraction of sp³-hybridized carbons (Fsp3) is 0.192. The van der Waals surface area contributed by atoms with Gasteiger partial charge in [-0.15, -0.1) is 0 Å². The quantitative estimate of drug-likeness (QED) is 0.380. The van der Waals surface area contributed by atoms with Crippen molar-refractivity contribution in [3.63, 3.8) is 0 Å². The van der Waals surface area contributed by atoms with Crippen molar-refractivity contribution in [2.24, 2.45) is 5.10 Å². The highest BCUT2D eigenvalue weighted by atomic mass is 16.5. The van der Waals surface area contributed by atoms with Gasteiger partial charge in [0, 0.05) is 18.5 Å². The Kier molecular flexibility index (Phi) is 8.15. The van der Waals surface area contributed by atoms with Gasteiger partial charge in [0.25, 0.3) is 0 Å². The van der Waals surface area contributed by atoms with Crippen LogP contribution in [0.15, 0.2) is 77.9 Å². The van der Waals surface area contributed by atoms with Gasteiger partial charge in [0.05, 0.1) is 6.21 Å². The molecule has 0 bridgehead atoms. The maximum atomic E-state index is 11.9. The van der Waals surface area contributed by atoms with E-state index in [1.54, 1.807) is 6.21 Å². The summed E-state index contributed by atoms with van der Waals surface area (Å²) in [5, 5.41) is 6.71. The Bertz CT molecular complexity index is 1060. The molecule has 0 unspecified atom stereocenters. The summed E-state index contributed by atoms with van der Waals surface area (Å²) in [6, 6.07) is 23.1. The fourth-order valence-electron chi connectivity index (χ4n) is 2.82. The number of hydrogen-bond acceptors (Lipinski definition) is 4. The first-order valence-electron chi connectivity index (χ1n) is 10.4. The van der Waals surface area contributed by atoms with Crippen LogP contribution in [0.4, 0.5) is 5.69 Å². The molecule has 3 aromatic carbocycles. The first-order chi connectivity index (χ1) is 15.5. The average molecular weight is 430 g/mol. The molecule has 0 radical (unpaired) electrons. The molecule has 164 valence electrons. The predicted octanol–water partition coefficient (Wildman–Crippen LogP) is 4.75. The van der Waals surface area contributed by atoms with Gasteiger partial charge < -0.3 is 10.1 Å². The Balaban J connectivity index is 1.37. The van der Waals surface area contributed by atoms with Crippen molar-refractivity contribution >= 4 is 23.7 Å². The summed E-state index contributed by atoms with van der Waals surface area (Å²) < 4.78 is 5.78. The molecular formula is C26H27N3O3. The van der Waals surface area contributed by atoms with Gasteiger partial charge >= 0.3 is 0 Å². The molecule has 2 amide bonds. The minimum atomic E-state index is -0.321. The number of hydrogen-bond donors (Lipinski definition) is 2. The number of rotatable bonds is 9. The third-order valence-electron chi connectivity index (χ3n) is 4.72. The summed E-state index contributed by atoms with van der Waals surface area (Å²) in [5.74, 6) is 0.221. The highest BCUT2D eigenvalue weighted by Gasteiger charge is 2.06. The van der Waals surface area contributed by atoms with Crippen LogP contribution in [-0.4, -0.2) is 18.0 Å². The second kappa shape index (κ2) is 11.5. The lowest BCUT2D eigenvalue weighted by Crippen LogP contribution is -2.20. The zero-order chi connectivity index (χ0) is 22.8. The fourth-order valence-corrected chi connectivity index (χ4v) is 2.82. The third kappa shape index (κ3) is 7.72. The Morgan fingerprint density at radius 3 is 2.06 bits per heavy atom. The van der Waals surface area contributed by atoms with E-state index in [0.29, 0.717) is 12.3 Å². The van der Waals surface area contributed by atoms with E-state index in [9.17, 15) is 9.59 Å². The number of nitrogens with zero attached hydrogens (tertiary/aromatic N) is 1. The molecule has 0 atom stereocenters. The molecule has 6 heteroatoms. The molecule has 0 aliphatic carbocycles. The summed E-state index contributed by atoms with van der Waals surface area (Å²) in [6.07, 6.45) is 1.69. The molecule has 3 rings (SSSR count). The zero-order valence-corrected chi connectivity index (χ0v) is 18.3. The molecule has 0 aromatic heterocycles. The Labute approximate surface area is 188 Å². The van der Waals surface area contributed by atoms with E-state index in [2.05, 4.69) is 34.9 Å². The van der Waals surface area contributed by atoms with Gasteiger partial charge in [0.15, 0.2) is 0 Å². The monoisotopic (exact) mass is 429 g/mol. The number of amides is 2. The lowest BCUT2D eigenvalue weighted by atomic mass is 10.2. The Morgan fingerprint density at radius 1 is 0.812 bits per heavy atom. The minimum absolute atomic E-state index is 0.0564. The van der Waals surface area contributed by atoms with E-state index >= 15 is 0 Å². The smallest absolute Gasteiger partial charge is 0.240 e. The highest BCUT2D eigenvalue weighted by Crippen LogP contribution is 2.14. The SMILES string of the molecule is Cc1ccc(COc2ccc(C=NNC(=O)CCC(=O)Nc3ccc(C)cc3)cc2)cc1. The lowest BCUT2D eigenvalue weighted by Gasteiger charge is -2.07. The second-order valence-electron chi connectivity index (χ2n) is 7.55. The van der Waals surface area contributed by atoms with Crippen LogP contribution in [0, 0.1) is 13.8 Å². The number of carbonyl (C=O) groups excluding carboxylic acids is 2. The van der Waals surface area contributed by atoms with Crippen LogP contribution >= 0.6 is 0 Å². The molecule has 0 aliphatic heterocycles. The van der Waals surface area contributed by atoms with E-state index in [-0.39, 0.29) is 24.7 Å². The Hall–Kier alpha value is -3.93. The van der Waals surface area contributed by atoms with Gasteiger partial charge in [0.1, 0.15) is 12.4 Å². The van der Waals surface area contributed by atoms with Crippen LogP contribution in [0.25, 0.3) is 0 Å². The van der Waals surface area contributed by atoms with Crippen molar-refractivity contribution in [3.05, 3.63) is 95.1 Å². The molecule has 32 heavy (non-hydrogen) atoms. The van der Waals surface area contributed by atoms with Crippen molar-refractivity contribution in [2.75, 3.05) is 5.32 Å². The van der Waals surface area contributed by atoms with Gasteiger partial charge in [-0.05, 0) is 61.4 Å². The van der Waals surface area contributed by atoms with Crippen LogP contribution in [0.1, 0.15) is 35.1 Å². The molecule has 0 saturated heterocycles. The summed E-state index contributed by atoms with van der Waals surface area (Å²) in [5.41, 5.74) is 7.42. The van der Waals surface area contributed by atoms with Gasteiger partial charge in [-0.2, -0.15) is 5.10 Å². The van der Waals surface area contributed by atoms with Crippen molar-refractivity contribution in [3.8, 4) is 5.75 Å². The summed E-state index contributed by atoms with van der Waals surface area (Å²) >= 11 is 0. The third-order valence-corrected chi connectivity index (χ3v) is 4.72. The van der Waals surface area contributed by atoms with Gasteiger partial charge in [0.2, 0.25) is 11.8 Å². The molecule has 3 aromatic rings. The predicted molar refractivity (Wildman–Crippen MR) is 127 cm³/mol. The number of anilines is 1. The molecule has 0 aliphatic rings. The van der Waals surface area contributed by atoms with Crippen molar-refractivity contribution in [2.45, 2.75) is 33.3 Å². The first kappa shape index (κ1) is 22.7. The summed E-state index contributed by atoms with van der Waals surface area (Å²) in [4.78, 5) is 23.9. The average Bonchev–Trinajstić information content (AvgIpc) is 2.80. The van der Waals surface area contributed by atoms with E-state index in [1.807, 2.05) is 67.6 Å². The maximum absolute atomic E-state index is 11.9. The van der Waals surface area contributed by atoms with E-state index < -0.39 is 0 Å². The topological polar surface area (TPSA) is 79.8 Å². The lowest BCUT2D eigenvalue weighted by molar-refractivity contribution is -0.124. The van der Waals surface area contributed by atoms with E-state index in [1.165, 1.54) is 5.56 Å². The van der Waals surface area contributed by atoms with Crippen LogP contribution < -0.4 is 15.5 Å². The molecule has 0 heterocycles. The van der Waals surface area contributed by atoms with Gasteiger partial charge in [-0.1, -0.05) is 47.5 Å². The summed E-state index contributed by atoms with van der Waals surface area (Å²) in [7, 11) is 0. The summed E-state index contributed by atoms with van der Waals surface area (Å²) in [6.45, 7) is 4.53. The molecule has 0 spiro atoms. The van der Waals surface area contributed by atoms with Gasteiger partial charge in [-0.3, -0.25) is 9.59 Å². The largest absolute Gasteiger partial charge is 0.489 e. The molecular weight excluding hydrogens is 402 g/mol. The van der Waals surface area contributed by atoms with Crippen LogP contribution in [-0.2, 0) is 16.2 Å². The number of aryl methyl sites for hydroxylation is 2. The number of nitrogens with one attached hydrogen (secondary N) is 2. The zero-order valence-electron chi connectivity index (χ0n) is 18.3. The standard InChI is InChI=1S/C26H27N3O3/c1-19-3-7-22(8-4-19)18-32-24-13-9-21(10-14-24)17-27-29-26(31)16-15-25(30)28-23-11-5-20(2)6-12-23/h3-14,17H,15-16,18H2,1-2H3,(H,28,30)(H,29,31). The number of ether oxygens (including phenoxy) is 1. The number of carbonyl (C=O) groups is 2. The molecule has 0 fully saturated rings. The molecule has 0 saturated carbocycles. The van der Waals surface area contributed by atoms with Crippen LogP contribution in [0.2, 0.25) is 0 Å². The number of hydrazone groups is 1. The van der Waals surface area contributed by atoms with E-state index in [0.717, 1.165) is 22.4 Å². The van der Waals surface area contributed by atoms with Crippen molar-refractivity contribution in [1.29, 1.82) is 0 Å². The van der Waals surface area contributed by atoms with Crippen LogP contribution in [0.5, 0.6) is 5.75 Å².